The van der Waals surface area contributed by atoms with Gasteiger partial charge in [-0.05, 0) is 37.4 Å². The summed E-state index contributed by atoms with van der Waals surface area (Å²) in [5.41, 5.74) is 6.33. The SMILES string of the molecule is COc1ccc(C(=O)N2CCN(C(=O)[C@@H]3CCC[C@@H]3CN)CC2)c(OC)c1. The molecule has 1 aliphatic carbocycles. The molecule has 3 rings (SSSR count). The molecule has 2 atom stereocenters. The van der Waals surface area contributed by atoms with Crippen LogP contribution in [0.5, 0.6) is 11.5 Å². The van der Waals surface area contributed by atoms with Crippen molar-refractivity contribution < 1.29 is 19.1 Å². The van der Waals surface area contributed by atoms with E-state index in [1.165, 1.54) is 7.11 Å². The van der Waals surface area contributed by atoms with Crippen molar-refractivity contribution in [2.75, 3.05) is 46.9 Å². The van der Waals surface area contributed by atoms with Crippen LogP contribution in [0, 0.1) is 11.8 Å². The number of carbonyl (C=O) groups excluding carboxylic acids is 2. The first-order valence-corrected chi connectivity index (χ1v) is 9.59. The molecule has 27 heavy (non-hydrogen) atoms. The maximum atomic E-state index is 12.9. The van der Waals surface area contributed by atoms with Crippen LogP contribution in [0.25, 0.3) is 0 Å². The first kappa shape index (κ1) is 19.5. The van der Waals surface area contributed by atoms with Crippen LogP contribution in [0.3, 0.4) is 0 Å². The number of nitrogens with zero attached hydrogens (tertiary/aromatic N) is 2. The molecule has 7 nitrogen and oxygen atoms in total. The van der Waals surface area contributed by atoms with Crippen LogP contribution in [-0.2, 0) is 4.79 Å². The van der Waals surface area contributed by atoms with Crippen molar-refractivity contribution in [1.29, 1.82) is 0 Å². The highest BCUT2D eigenvalue weighted by Crippen LogP contribution is 2.33. The van der Waals surface area contributed by atoms with Crippen LogP contribution in [-0.4, -0.2) is 68.6 Å². The first-order valence-electron chi connectivity index (χ1n) is 9.59. The second-order valence-electron chi connectivity index (χ2n) is 7.22. The van der Waals surface area contributed by atoms with E-state index in [4.69, 9.17) is 15.2 Å². The third kappa shape index (κ3) is 4.03. The Kier molecular flexibility index (Phi) is 6.21. The average molecular weight is 375 g/mol. The zero-order valence-electron chi connectivity index (χ0n) is 16.1. The summed E-state index contributed by atoms with van der Waals surface area (Å²) < 4.78 is 10.5. The maximum absolute atomic E-state index is 12.9. The Labute approximate surface area is 160 Å². The lowest BCUT2D eigenvalue weighted by molar-refractivity contribution is -0.138. The molecule has 1 aromatic carbocycles. The predicted octanol–water partition coefficient (Wildman–Crippen LogP) is 1.36. The van der Waals surface area contributed by atoms with Gasteiger partial charge in [-0.3, -0.25) is 9.59 Å². The summed E-state index contributed by atoms with van der Waals surface area (Å²) in [4.78, 5) is 29.4. The molecule has 2 aliphatic rings. The number of carbonyl (C=O) groups is 2. The number of ether oxygens (including phenoxy) is 2. The summed E-state index contributed by atoms with van der Waals surface area (Å²) in [6.07, 6.45) is 3.06. The Morgan fingerprint density at radius 3 is 2.41 bits per heavy atom. The Bertz CT molecular complexity index is 686. The number of methoxy groups -OCH3 is 2. The Morgan fingerprint density at radius 2 is 1.78 bits per heavy atom. The van der Waals surface area contributed by atoms with Crippen molar-refractivity contribution in [3.63, 3.8) is 0 Å². The van der Waals surface area contributed by atoms with Gasteiger partial charge in [0.05, 0.1) is 19.8 Å². The van der Waals surface area contributed by atoms with E-state index < -0.39 is 0 Å². The lowest BCUT2D eigenvalue weighted by Crippen LogP contribution is -2.52. The van der Waals surface area contributed by atoms with Crippen molar-refractivity contribution in [2.24, 2.45) is 17.6 Å². The van der Waals surface area contributed by atoms with Gasteiger partial charge >= 0.3 is 0 Å². The van der Waals surface area contributed by atoms with Crippen molar-refractivity contribution in [3.05, 3.63) is 23.8 Å². The van der Waals surface area contributed by atoms with Gasteiger partial charge in [0.15, 0.2) is 0 Å². The van der Waals surface area contributed by atoms with Crippen LogP contribution < -0.4 is 15.2 Å². The topological polar surface area (TPSA) is 85.1 Å². The summed E-state index contributed by atoms with van der Waals surface area (Å²) in [5, 5.41) is 0. The number of piperazine rings is 1. The smallest absolute Gasteiger partial charge is 0.257 e. The molecular formula is C20H29N3O4. The first-order chi connectivity index (χ1) is 13.1. The maximum Gasteiger partial charge on any atom is 0.257 e. The summed E-state index contributed by atoms with van der Waals surface area (Å²) in [5.74, 6) is 1.62. The monoisotopic (exact) mass is 375 g/mol. The second kappa shape index (κ2) is 8.61. The van der Waals surface area contributed by atoms with E-state index in [-0.39, 0.29) is 17.7 Å². The fraction of sp³-hybridized carbons (Fsp3) is 0.600. The molecule has 1 aliphatic heterocycles. The third-order valence-corrected chi connectivity index (χ3v) is 5.80. The lowest BCUT2D eigenvalue weighted by Gasteiger charge is -2.37. The Balaban J connectivity index is 1.62. The quantitative estimate of drug-likeness (QED) is 0.840. The van der Waals surface area contributed by atoms with Gasteiger partial charge in [-0.1, -0.05) is 6.42 Å². The highest BCUT2D eigenvalue weighted by atomic mass is 16.5. The molecule has 1 heterocycles. The summed E-state index contributed by atoms with van der Waals surface area (Å²) in [7, 11) is 3.11. The fourth-order valence-corrected chi connectivity index (χ4v) is 4.15. The summed E-state index contributed by atoms with van der Waals surface area (Å²) >= 11 is 0. The van der Waals surface area contributed by atoms with E-state index in [9.17, 15) is 9.59 Å². The van der Waals surface area contributed by atoms with Crippen molar-refractivity contribution in [3.8, 4) is 11.5 Å². The standard InChI is InChI=1S/C20H29N3O4/c1-26-15-6-7-17(18(12-15)27-2)20(25)23-10-8-22(9-11-23)19(24)16-5-3-4-14(16)13-21/h6-7,12,14,16H,3-5,8-11,13,21H2,1-2H3/t14-,16-/m1/s1. The van der Waals surface area contributed by atoms with Gasteiger partial charge < -0.3 is 25.0 Å². The van der Waals surface area contributed by atoms with Crippen LogP contribution in [0.2, 0.25) is 0 Å². The largest absolute Gasteiger partial charge is 0.497 e. The highest BCUT2D eigenvalue weighted by molar-refractivity contribution is 5.97. The summed E-state index contributed by atoms with van der Waals surface area (Å²) in [6, 6.07) is 5.19. The number of hydrogen-bond acceptors (Lipinski definition) is 5. The molecule has 0 bridgehead atoms. The van der Waals surface area contributed by atoms with Gasteiger partial charge in [0.2, 0.25) is 5.91 Å². The number of hydrogen-bond donors (Lipinski definition) is 1. The van der Waals surface area contributed by atoms with Crippen molar-refractivity contribution in [1.82, 2.24) is 9.80 Å². The number of benzene rings is 1. The second-order valence-corrected chi connectivity index (χ2v) is 7.22. The third-order valence-electron chi connectivity index (χ3n) is 5.80. The number of rotatable bonds is 5. The zero-order valence-corrected chi connectivity index (χ0v) is 16.1. The van der Waals surface area contributed by atoms with Crippen LogP contribution in [0.1, 0.15) is 29.6 Å². The van der Waals surface area contributed by atoms with E-state index >= 15 is 0 Å². The number of nitrogens with two attached hydrogens (primary N) is 1. The Hall–Kier alpha value is -2.28. The molecule has 0 spiro atoms. The minimum absolute atomic E-state index is 0.0546. The lowest BCUT2D eigenvalue weighted by atomic mass is 9.94. The molecule has 2 fully saturated rings. The predicted molar refractivity (Wildman–Crippen MR) is 102 cm³/mol. The summed E-state index contributed by atoms with van der Waals surface area (Å²) in [6.45, 7) is 2.76. The molecule has 7 heteroatoms. The van der Waals surface area contributed by atoms with Gasteiger partial charge in [0.1, 0.15) is 11.5 Å². The molecule has 1 aromatic rings. The van der Waals surface area contributed by atoms with Gasteiger partial charge in [-0.2, -0.15) is 0 Å². The minimum Gasteiger partial charge on any atom is -0.497 e. The van der Waals surface area contributed by atoms with E-state index in [1.54, 1.807) is 30.2 Å². The van der Waals surface area contributed by atoms with E-state index in [0.717, 1.165) is 19.3 Å². The van der Waals surface area contributed by atoms with E-state index in [1.807, 2.05) is 4.90 Å². The molecule has 0 unspecified atom stereocenters. The van der Waals surface area contributed by atoms with Gasteiger partial charge in [-0.25, -0.2) is 0 Å². The number of amides is 2. The molecule has 2 amide bonds. The van der Waals surface area contributed by atoms with Crippen LogP contribution in [0.15, 0.2) is 18.2 Å². The molecule has 148 valence electrons. The normalized spacial score (nSPS) is 22.6. The van der Waals surface area contributed by atoms with E-state index in [0.29, 0.717) is 55.7 Å². The van der Waals surface area contributed by atoms with Gasteiger partial charge in [0, 0.05) is 38.2 Å². The molecular weight excluding hydrogens is 346 g/mol. The Morgan fingerprint density at radius 1 is 1.07 bits per heavy atom. The highest BCUT2D eigenvalue weighted by Gasteiger charge is 2.36. The molecule has 0 radical (unpaired) electrons. The van der Waals surface area contributed by atoms with Crippen molar-refractivity contribution in [2.45, 2.75) is 19.3 Å². The molecule has 2 N–H and O–H groups in total. The average Bonchev–Trinajstić information content (AvgIpc) is 3.21. The fourth-order valence-electron chi connectivity index (χ4n) is 4.15. The van der Waals surface area contributed by atoms with Gasteiger partial charge in [0.25, 0.3) is 5.91 Å². The molecule has 1 saturated heterocycles. The van der Waals surface area contributed by atoms with E-state index in [2.05, 4.69) is 0 Å². The minimum atomic E-state index is -0.0812. The van der Waals surface area contributed by atoms with Crippen LogP contribution >= 0.6 is 0 Å². The zero-order chi connectivity index (χ0) is 19.4. The van der Waals surface area contributed by atoms with Crippen LogP contribution in [0.4, 0.5) is 0 Å². The molecule has 0 aromatic heterocycles. The van der Waals surface area contributed by atoms with Crippen molar-refractivity contribution >= 4 is 11.8 Å². The van der Waals surface area contributed by atoms with Gasteiger partial charge in [-0.15, -0.1) is 0 Å². The molecule has 1 saturated carbocycles.